The Morgan fingerprint density at radius 1 is 0.977 bits per heavy atom. The lowest BCUT2D eigenvalue weighted by Gasteiger charge is -2.39. The van der Waals surface area contributed by atoms with E-state index in [9.17, 15) is 5.26 Å². The standard InChI is InChI=1S/C34H41N7O2/c35-12-7-25-20-40(16-13-36-25)33-29-21-41(31-19-24-5-1-3-23-4-2-6-28(31)32(23)24)22-30(29)37-34(38-33)43-27-8-14-39(15-9-27)26-10-17-42-18-11-26/h1-6,25-27,31,36H,7-11,13-22H2/t25-,31?/m0/s1. The van der Waals surface area contributed by atoms with Gasteiger partial charge in [-0.05, 0) is 54.0 Å². The number of piperidine rings is 1. The maximum Gasteiger partial charge on any atom is 0.318 e. The van der Waals surface area contributed by atoms with Crippen LogP contribution < -0.4 is 15.0 Å². The first-order valence-corrected chi connectivity index (χ1v) is 16.2. The molecular weight excluding hydrogens is 538 g/mol. The predicted octanol–water partition coefficient (Wildman–Crippen LogP) is 3.96. The van der Waals surface area contributed by atoms with Crippen molar-refractivity contribution in [2.75, 3.05) is 50.8 Å². The number of ether oxygens (including phenoxy) is 2. The van der Waals surface area contributed by atoms with E-state index in [4.69, 9.17) is 19.4 Å². The summed E-state index contributed by atoms with van der Waals surface area (Å²) >= 11 is 0. The number of anilines is 1. The molecule has 8 rings (SSSR count). The van der Waals surface area contributed by atoms with Crippen LogP contribution >= 0.6 is 0 Å². The zero-order chi connectivity index (χ0) is 28.8. The van der Waals surface area contributed by atoms with Crippen LogP contribution in [0.15, 0.2) is 36.4 Å². The van der Waals surface area contributed by atoms with Crippen molar-refractivity contribution in [3.05, 3.63) is 58.8 Å². The second-order valence-corrected chi connectivity index (χ2v) is 12.9. The molecule has 1 aromatic heterocycles. The fourth-order valence-corrected chi connectivity index (χ4v) is 8.14. The number of rotatable bonds is 6. The van der Waals surface area contributed by atoms with Crippen LogP contribution in [-0.4, -0.2) is 83.9 Å². The van der Waals surface area contributed by atoms with Gasteiger partial charge in [0.1, 0.15) is 11.9 Å². The molecular formula is C34H41N7O2. The Labute approximate surface area is 253 Å². The fourth-order valence-electron chi connectivity index (χ4n) is 8.14. The molecule has 1 unspecified atom stereocenters. The summed E-state index contributed by atoms with van der Waals surface area (Å²) in [6.07, 6.45) is 5.93. The first kappa shape index (κ1) is 27.3. The number of piperazine rings is 1. The van der Waals surface area contributed by atoms with Crippen molar-refractivity contribution < 1.29 is 9.47 Å². The minimum atomic E-state index is 0.135. The number of nitriles is 1. The van der Waals surface area contributed by atoms with Gasteiger partial charge >= 0.3 is 6.01 Å². The SMILES string of the molecule is N#CC[C@H]1CN(c2nc(OC3CCN(C4CCOCC4)CC3)nc3c2CN(C2Cc4cccc5cccc2c45)C3)CCN1. The van der Waals surface area contributed by atoms with Crippen LogP contribution in [0.4, 0.5) is 5.82 Å². The van der Waals surface area contributed by atoms with E-state index in [0.717, 1.165) is 103 Å². The molecule has 9 heteroatoms. The molecule has 3 fully saturated rings. The normalized spacial score (nSPS) is 25.2. The Hall–Kier alpha value is -3.29. The van der Waals surface area contributed by atoms with E-state index in [-0.39, 0.29) is 12.1 Å². The average molecular weight is 580 g/mol. The van der Waals surface area contributed by atoms with Gasteiger partial charge in [0, 0.05) is 82.7 Å². The number of fused-ring (bicyclic) bond motifs is 1. The van der Waals surface area contributed by atoms with Gasteiger partial charge in [-0.2, -0.15) is 15.2 Å². The van der Waals surface area contributed by atoms with Crippen molar-refractivity contribution in [3.63, 3.8) is 0 Å². The molecule has 2 atom stereocenters. The van der Waals surface area contributed by atoms with E-state index >= 15 is 0 Å². The van der Waals surface area contributed by atoms with Crippen molar-refractivity contribution in [1.82, 2.24) is 25.1 Å². The summed E-state index contributed by atoms with van der Waals surface area (Å²) in [7, 11) is 0. The minimum Gasteiger partial charge on any atom is -0.460 e. The van der Waals surface area contributed by atoms with E-state index < -0.39 is 0 Å². The predicted molar refractivity (Wildman–Crippen MR) is 165 cm³/mol. The molecule has 3 aromatic rings. The van der Waals surface area contributed by atoms with Gasteiger partial charge in [-0.1, -0.05) is 36.4 Å². The summed E-state index contributed by atoms with van der Waals surface area (Å²) in [6, 6.07) is 17.4. The lowest BCUT2D eigenvalue weighted by Crippen LogP contribution is -2.51. The minimum absolute atomic E-state index is 0.135. The van der Waals surface area contributed by atoms with Crippen LogP contribution in [0.25, 0.3) is 10.8 Å². The quantitative estimate of drug-likeness (QED) is 0.466. The lowest BCUT2D eigenvalue weighted by atomic mass is 10.0. The zero-order valence-corrected chi connectivity index (χ0v) is 24.9. The highest BCUT2D eigenvalue weighted by Crippen LogP contribution is 2.44. The second kappa shape index (κ2) is 11.7. The molecule has 224 valence electrons. The van der Waals surface area contributed by atoms with Crippen LogP contribution in [-0.2, 0) is 24.2 Å². The van der Waals surface area contributed by atoms with Crippen molar-refractivity contribution in [1.29, 1.82) is 5.26 Å². The number of nitrogens with one attached hydrogen (secondary N) is 1. The number of hydrogen-bond donors (Lipinski definition) is 1. The topological polar surface area (TPSA) is 89.8 Å². The maximum absolute atomic E-state index is 9.38. The molecule has 1 N–H and O–H groups in total. The number of likely N-dealkylation sites (tertiary alicyclic amines) is 1. The van der Waals surface area contributed by atoms with Gasteiger partial charge in [-0.25, -0.2) is 0 Å². The average Bonchev–Trinajstić information content (AvgIpc) is 3.65. The van der Waals surface area contributed by atoms with E-state index in [0.29, 0.717) is 24.5 Å². The highest BCUT2D eigenvalue weighted by atomic mass is 16.5. The summed E-state index contributed by atoms with van der Waals surface area (Å²) in [5, 5.41) is 15.6. The molecule has 5 heterocycles. The molecule has 0 spiro atoms. The molecule has 0 radical (unpaired) electrons. The first-order chi connectivity index (χ1) is 21.2. The fraction of sp³-hybridized carbons (Fsp3) is 0.559. The maximum atomic E-state index is 9.38. The van der Waals surface area contributed by atoms with Gasteiger partial charge in [0.25, 0.3) is 0 Å². The van der Waals surface area contributed by atoms with Gasteiger partial charge in [0.15, 0.2) is 0 Å². The van der Waals surface area contributed by atoms with Crippen molar-refractivity contribution in [3.8, 4) is 12.1 Å². The van der Waals surface area contributed by atoms with E-state index in [1.165, 1.54) is 27.5 Å². The van der Waals surface area contributed by atoms with E-state index in [1.54, 1.807) is 0 Å². The third kappa shape index (κ3) is 5.25. The molecule has 1 aliphatic carbocycles. The molecule has 4 aliphatic heterocycles. The van der Waals surface area contributed by atoms with E-state index in [1.807, 2.05) is 0 Å². The number of benzene rings is 2. The molecule has 0 bridgehead atoms. The molecule has 5 aliphatic rings. The lowest BCUT2D eigenvalue weighted by molar-refractivity contribution is 0.00870. The molecule has 2 aromatic carbocycles. The van der Waals surface area contributed by atoms with Crippen molar-refractivity contribution in [2.45, 2.75) is 75.8 Å². The molecule has 0 saturated carbocycles. The summed E-state index contributed by atoms with van der Waals surface area (Å²) in [5.41, 5.74) is 5.19. The zero-order valence-electron chi connectivity index (χ0n) is 24.9. The summed E-state index contributed by atoms with van der Waals surface area (Å²) < 4.78 is 12.2. The van der Waals surface area contributed by atoms with Crippen molar-refractivity contribution in [2.24, 2.45) is 0 Å². The Kier molecular flexibility index (Phi) is 7.40. The summed E-state index contributed by atoms with van der Waals surface area (Å²) in [4.78, 5) is 17.8. The van der Waals surface area contributed by atoms with Crippen LogP contribution in [0.3, 0.4) is 0 Å². The largest absolute Gasteiger partial charge is 0.460 e. The van der Waals surface area contributed by atoms with Gasteiger partial charge in [0.2, 0.25) is 0 Å². The molecule has 43 heavy (non-hydrogen) atoms. The summed E-state index contributed by atoms with van der Waals surface area (Å²) in [5.74, 6) is 1.00. The van der Waals surface area contributed by atoms with Gasteiger partial charge < -0.3 is 19.7 Å². The molecule has 9 nitrogen and oxygen atoms in total. The van der Waals surface area contributed by atoms with Crippen LogP contribution in [0.5, 0.6) is 6.01 Å². The highest BCUT2D eigenvalue weighted by molar-refractivity contribution is 5.91. The van der Waals surface area contributed by atoms with Gasteiger partial charge in [0.05, 0.1) is 18.2 Å². The Morgan fingerprint density at radius 2 is 1.81 bits per heavy atom. The second-order valence-electron chi connectivity index (χ2n) is 12.9. The smallest absolute Gasteiger partial charge is 0.318 e. The number of nitrogens with zero attached hydrogens (tertiary/aromatic N) is 6. The Balaban J connectivity index is 1.04. The van der Waals surface area contributed by atoms with Crippen LogP contribution in [0.1, 0.15) is 60.5 Å². The highest BCUT2D eigenvalue weighted by Gasteiger charge is 2.37. The molecule has 0 amide bonds. The third-order valence-corrected chi connectivity index (χ3v) is 10.3. The van der Waals surface area contributed by atoms with Crippen LogP contribution in [0.2, 0.25) is 0 Å². The Morgan fingerprint density at radius 3 is 2.65 bits per heavy atom. The van der Waals surface area contributed by atoms with Gasteiger partial charge in [-0.15, -0.1) is 0 Å². The van der Waals surface area contributed by atoms with Gasteiger partial charge in [-0.3, -0.25) is 9.80 Å². The molecule has 3 saturated heterocycles. The van der Waals surface area contributed by atoms with E-state index in [2.05, 4.69) is 62.5 Å². The van der Waals surface area contributed by atoms with Crippen molar-refractivity contribution >= 4 is 16.6 Å². The monoisotopic (exact) mass is 579 g/mol. The van der Waals surface area contributed by atoms with Crippen LogP contribution in [0, 0.1) is 11.3 Å². The first-order valence-electron chi connectivity index (χ1n) is 16.2. The number of aromatic nitrogens is 2. The summed E-state index contributed by atoms with van der Waals surface area (Å²) in [6.45, 7) is 7.99. The third-order valence-electron chi connectivity index (χ3n) is 10.3. The Bertz CT molecular complexity index is 1520. The number of hydrogen-bond acceptors (Lipinski definition) is 9.